The van der Waals surface area contributed by atoms with Gasteiger partial charge in [-0.15, -0.1) is 0 Å². The zero-order chi connectivity index (χ0) is 30.1. The van der Waals surface area contributed by atoms with E-state index < -0.39 is 10.0 Å². The number of carbonyl (C=O) groups is 1. The lowest BCUT2D eigenvalue weighted by Crippen LogP contribution is -2.32. The smallest absolute Gasteiger partial charge is 0.267 e. The van der Waals surface area contributed by atoms with Gasteiger partial charge in [0.25, 0.3) is 10.0 Å². The van der Waals surface area contributed by atoms with Crippen molar-refractivity contribution in [3.8, 4) is 17.1 Å². The molecule has 4 heterocycles. The molecule has 43 heavy (non-hydrogen) atoms. The zero-order valence-corrected chi connectivity index (χ0v) is 24.9. The van der Waals surface area contributed by atoms with E-state index >= 15 is 0 Å². The molecule has 3 aromatic heterocycles. The fraction of sp³-hybridized carbons (Fsp3) is 0.258. The Bertz CT molecular complexity index is 1920. The number of nitrogens with zero attached hydrogens (tertiary/aromatic N) is 6. The third-order valence-corrected chi connectivity index (χ3v) is 8.75. The van der Waals surface area contributed by atoms with E-state index in [9.17, 15) is 13.2 Å². The van der Waals surface area contributed by atoms with Crippen LogP contribution in [0.25, 0.3) is 22.2 Å². The summed E-state index contributed by atoms with van der Waals surface area (Å²) in [5.41, 5.74) is 5.17. The first-order valence-corrected chi connectivity index (χ1v) is 15.4. The second-order valence-corrected chi connectivity index (χ2v) is 12.4. The highest BCUT2D eigenvalue weighted by Crippen LogP contribution is 2.30. The topological polar surface area (TPSA) is 132 Å². The van der Waals surface area contributed by atoms with E-state index in [4.69, 9.17) is 4.74 Å². The number of hydrogen-bond donors (Lipinski definition) is 1. The zero-order valence-electron chi connectivity index (χ0n) is 24.1. The van der Waals surface area contributed by atoms with Crippen molar-refractivity contribution >= 4 is 32.8 Å². The second kappa shape index (κ2) is 11.4. The van der Waals surface area contributed by atoms with Crippen LogP contribution in [0.3, 0.4) is 0 Å². The number of benzene rings is 2. The monoisotopic (exact) mass is 597 g/mol. The van der Waals surface area contributed by atoms with Crippen LogP contribution >= 0.6 is 0 Å². The summed E-state index contributed by atoms with van der Waals surface area (Å²) in [6.07, 6.45) is 4.99. The fourth-order valence-corrected chi connectivity index (χ4v) is 6.26. The number of hydrogen-bond acceptors (Lipinski definition) is 8. The van der Waals surface area contributed by atoms with E-state index in [2.05, 4.69) is 24.8 Å². The Labute approximate surface area is 249 Å². The molecule has 2 aromatic carbocycles. The van der Waals surface area contributed by atoms with Gasteiger partial charge in [-0.1, -0.05) is 30.3 Å². The quantitative estimate of drug-likeness (QED) is 0.283. The first-order chi connectivity index (χ1) is 20.6. The van der Waals surface area contributed by atoms with Crippen molar-refractivity contribution in [2.45, 2.75) is 37.7 Å². The third-order valence-electron chi connectivity index (χ3n) is 7.46. The molecule has 220 valence electrons. The Hall–Kier alpha value is -4.84. The molecule has 1 atom stereocenters. The van der Waals surface area contributed by atoms with Gasteiger partial charge in [0, 0.05) is 49.4 Å². The Morgan fingerprint density at radius 2 is 1.88 bits per heavy atom. The number of rotatable bonds is 8. The molecule has 11 nitrogen and oxygen atoms in total. The molecule has 1 saturated heterocycles. The maximum atomic E-state index is 13.2. The summed E-state index contributed by atoms with van der Waals surface area (Å²) < 4.78 is 36.3. The van der Waals surface area contributed by atoms with Crippen LogP contribution < -0.4 is 9.46 Å². The van der Waals surface area contributed by atoms with Crippen molar-refractivity contribution in [1.29, 1.82) is 0 Å². The van der Waals surface area contributed by atoms with Gasteiger partial charge in [-0.05, 0) is 48.7 Å². The Morgan fingerprint density at radius 3 is 2.65 bits per heavy atom. The van der Waals surface area contributed by atoms with Crippen LogP contribution in [-0.4, -0.2) is 63.2 Å². The number of aromatic nitrogens is 5. The lowest BCUT2D eigenvalue weighted by molar-refractivity contribution is -0.129. The molecule has 0 spiro atoms. The molecule has 1 aliphatic rings. The number of fused-ring (bicyclic) bond motifs is 1. The summed E-state index contributed by atoms with van der Waals surface area (Å²) >= 11 is 0. The van der Waals surface area contributed by atoms with Crippen LogP contribution in [0, 0.1) is 13.8 Å². The SMILES string of the molecule is Cc1cccc(C)c1-c1cc(OC2CCN(C(=O)Cc3ccc4ncccc4c3)C2)nc(NS(=O)(=O)c2cnn(C)c2)n1. The molecule has 0 aliphatic carbocycles. The fourth-order valence-electron chi connectivity index (χ4n) is 5.34. The Morgan fingerprint density at radius 1 is 1.07 bits per heavy atom. The van der Waals surface area contributed by atoms with Crippen LogP contribution in [0.15, 0.2) is 78.1 Å². The summed E-state index contributed by atoms with van der Waals surface area (Å²) in [4.78, 5) is 28.2. The van der Waals surface area contributed by atoms with Gasteiger partial charge in [0.1, 0.15) is 11.0 Å². The molecule has 5 aromatic rings. The molecular formula is C31H31N7O4S. The molecule has 1 aliphatic heterocycles. The van der Waals surface area contributed by atoms with Crippen molar-refractivity contribution in [3.63, 3.8) is 0 Å². The van der Waals surface area contributed by atoms with Gasteiger partial charge in [0.15, 0.2) is 0 Å². The summed E-state index contributed by atoms with van der Waals surface area (Å²) in [6, 6.07) is 17.3. The highest BCUT2D eigenvalue weighted by Gasteiger charge is 2.29. The molecule has 0 saturated carbocycles. The van der Waals surface area contributed by atoms with Gasteiger partial charge < -0.3 is 9.64 Å². The predicted octanol–water partition coefficient (Wildman–Crippen LogP) is 4.07. The normalized spacial score (nSPS) is 15.1. The standard InChI is InChI=1S/C31H31N7O4S/c1-20-6-4-7-21(2)30(20)27-16-28(35-31(34-27)36-43(40,41)25-17-33-37(3)19-25)42-24-11-13-38(18-24)29(39)15-22-9-10-26-23(14-22)8-5-12-32-26/h4-10,12,14,16-17,19,24H,11,13,15,18H2,1-3H3,(H,34,35,36). The van der Waals surface area contributed by atoms with E-state index in [1.54, 1.807) is 24.2 Å². The highest BCUT2D eigenvalue weighted by molar-refractivity contribution is 7.92. The predicted molar refractivity (Wildman–Crippen MR) is 162 cm³/mol. The van der Waals surface area contributed by atoms with Gasteiger partial charge in [-0.2, -0.15) is 10.1 Å². The lowest BCUT2D eigenvalue weighted by Gasteiger charge is -2.18. The van der Waals surface area contributed by atoms with Crippen molar-refractivity contribution in [3.05, 3.63) is 89.9 Å². The van der Waals surface area contributed by atoms with Crippen LogP contribution in [-0.2, 0) is 28.3 Å². The molecule has 1 amide bonds. The number of pyridine rings is 1. The van der Waals surface area contributed by atoms with E-state index in [1.165, 1.54) is 17.1 Å². The van der Waals surface area contributed by atoms with Crippen molar-refractivity contribution in [2.24, 2.45) is 7.05 Å². The highest BCUT2D eigenvalue weighted by atomic mass is 32.2. The largest absolute Gasteiger partial charge is 0.472 e. The molecule has 0 radical (unpaired) electrons. The van der Waals surface area contributed by atoms with E-state index in [0.29, 0.717) is 25.2 Å². The molecule has 1 unspecified atom stereocenters. The first-order valence-electron chi connectivity index (χ1n) is 13.9. The van der Waals surface area contributed by atoms with Gasteiger partial charge in [0.2, 0.25) is 17.7 Å². The molecule has 6 rings (SSSR count). The third kappa shape index (κ3) is 6.19. The number of ether oxygens (including phenoxy) is 1. The van der Waals surface area contributed by atoms with Gasteiger partial charge >= 0.3 is 0 Å². The second-order valence-electron chi connectivity index (χ2n) is 10.7. The summed E-state index contributed by atoms with van der Waals surface area (Å²) in [5.74, 6) is 0.117. The molecular weight excluding hydrogens is 566 g/mol. The summed E-state index contributed by atoms with van der Waals surface area (Å²) in [5, 5.41) is 4.95. The van der Waals surface area contributed by atoms with Crippen LogP contribution in [0.5, 0.6) is 5.88 Å². The molecule has 12 heteroatoms. The van der Waals surface area contributed by atoms with Gasteiger partial charge in [0.05, 0.1) is 30.4 Å². The summed E-state index contributed by atoms with van der Waals surface area (Å²) in [7, 11) is -2.35. The molecule has 1 fully saturated rings. The molecule has 0 bridgehead atoms. The maximum Gasteiger partial charge on any atom is 0.267 e. The van der Waals surface area contributed by atoms with Crippen LogP contribution in [0.4, 0.5) is 5.95 Å². The van der Waals surface area contributed by atoms with Crippen molar-refractivity contribution < 1.29 is 17.9 Å². The van der Waals surface area contributed by atoms with E-state index in [1.807, 2.05) is 62.4 Å². The van der Waals surface area contributed by atoms with Crippen LogP contribution in [0.1, 0.15) is 23.1 Å². The number of nitrogens with one attached hydrogen (secondary N) is 1. The Balaban J connectivity index is 1.22. The lowest BCUT2D eigenvalue weighted by atomic mass is 10.00. The number of sulfonamides is 1. The molecule has 1 N–H and O–H groups in total. The number of amides is 1. The maximum absolute atomic E-state index is 13.2. The van der Waals surface area contributed by atoms with E-state index in [-0.39, 0.29) is 35.2 Å². The van der Waals surface area contributed by atoms with Gasteiger partial charge in [-0.3, -0.25) is 14.5 Å². The number of carbonyl (C=O) groups excluding carboxylic acids is 1. The average Bonchev–Trinajstić information content (AvgIpc) is 3.62. The van der Waals surface area contributed by atoms with Crippen molar-refractivity contribution in [2.75, 3.05) is 17.8 Å². The minimum absolute atomic E-state index is 0.00818. The van der Waals surface area contributed by atoms with E-state index in [0.717, 1.165) is 33.2 Å². The number of anilines is 1. The first kappa shape index (κ1) is 28.3. The minimum Gasteiger partial charge on any atom is -0.472 e. The average molecular weight is 598 g/mol. The Kier molecular flexibility index (Phi) is 7.53. The summed E-state index contributed by atoms with van der Waals surface area (Å²) in [6.45, 7) is 4.88. The van der Waals surface area contributed by atoms with Crippen LogP contribution in [0.2, 0.25) is 0 Å². The number of likely N-dealkylation sites (tertiary alicyclic amines) is 1. The number of aryl methyl sites for hydroxylation is 3. The minimum atomic E-state index is -3.99. The van der Waals surface area contributed by atoms with Crippen molar-refractivity contribution in [1.82, 2.24) is 29.6 Å². The van der Waals surface area contributed by atoms with Gasteiger partial charge in [-0.25, -0.2) is 18.1 Å².